The van der Waals surface area contributed by atoms with Crippen LogP contribution in [0.1, 0.15) is 30.6 Å². The van der Waals surface area contributed by atoms with Gasteiger partial charge in [-0.15, -0.1) is 0 Å². The van der Waals surface area contributed by atoms with Crippen molar-refractivity contribution in [1.29, 1.82) is 0 Å². The number of ether oxygens (including phenoxy) is 1. The molecule has 2 aromatic rings. The number of benzene rings is 1. The maximum absolute atomic E-state index is 13.5. The highest BCUT2D eigenvalue weighted by Gasteiger charge is 2.16. The fourth-order valence-corrected chi connectivity index (χ4v) is 2.03. The summed E-state index contributed by atoms with van der Waals surface area (Å²) in [5, 5.41) is 14.2. The van der Waals surface area contributed by atoms with Gasteiger partial charge in [0.15, 0.2) is 0 Å². The summed E-state index contributed by atoms with van der Waals surface area (Å²) in [6, 6.07) is 3.66. The van der Waals surface area contributed by atoms with Crippen molar-refractivity contribution in [2.75, 3.05) is 13.2 Å². The van der Waals surface area contributed by atoms with E-state index < -0.39 is 17.7 Å². The van der Waals surface area contributed by atoms with E-state index in [1.54, 1.807) is 11.0 Å². The van der Waals surface area contributed by atoms with Crippen LogP contribution in [0.15, 0.2) is 30.9 Å². The van der Waals surface area contributed by atoms with Gasteiger partial charge in [0.2, 0.25) is 0 Å². The molecule has 0 aliphatic rings. The minimum Gasteiger partial charge on any atom is -0.493 e. The van der Waals surface area contributed by atoms with Gasteiger partial charge in [0.1, 0.15) is 24.2 Å². The van der Waals surface area contributed by atoms with Crippen molar-refractivity contribution >= 4 is 11.9 Å². The molecule has 0 aliphatic carbocycles. The second kappa shape index (κ2) is 11.6. The van der Waals surface area contributed by atoms with E-state index in [9.17, 15) is 9.18 Å². The van der Waals surface area contributed by atoms with Crippen molar-refractivity contribution in [2.24, 2.45) is 5.73 Å². The molecular formula is C17H24FN5O4. The van der Waals surface area contributed by atoms with Crippen molar-refractivity contribution in [2.45, 2.75) is 32.9 Å². The maximum Gasteiger partial charge on any atom is 0.300 e. The molecule has 0 bridgehead atoms. The zero-order valence-corrected chi connectivity index (χ0v) is 15.3. The number of hydrogen-bond acceptors (Lipinski definition) is 6. The number of carbonyl (C=O) groups excluding carboxylic acids is 1. The Bertz CT molecular complexity index is 720. The third-order valence-corrected chi connectivity index (χ3v) is 3.10. The number of aromatic nitrogens is 3. The molecule has 1 unspecified atom stereocenters. The van der Waals surface area contributed by atoms with Gasteiger partial charge in [0.05, 0.1) is 18.7 Å². The molecule has 2 rings (SSSR count). The third kappa shape index (κ3) is 8.77. The van der Waals surface area contributed by atoms with Gasteiger partial charge >= 0.3 is 0 Å². The van der Waals surface area contributed by atoms with E-state index in [1.807, 2.05) is 6.92 Å². The zero-order valence-electron chi connectivity index (χ0n) is 15.3. The molecule has 1 aromatic heterocycles. The number of carbonyl (C=O) groups is 2. The molecule has 0 fully saturated rings. The number of aliphatic carboxylic acids is 1. The Hall–Kier alpha value is -3.01. The van der Waals surface area contributed by atoms with Gasteiger partial charge in [0, 0.05) is 13.0 Å². The van der Waals surface area contributed by atoms with Crippen molar-refractivity contribution in [3.8, 4) is 5.75 Å². The summed E-state index contributed by atoms with van der Waals surface area (Å²) in [5.74, 6) is -1.39. The smallest absolute Gasteiger partial charge is 0.300 e. The molecule has 0 saturated carbocycles. The van der Waals surface area contributed by atoms with Gasteiger partial charge in [-0.25, -0.2) is 9.37 Å². The average molecular weight is 381 g/mol. The second-order valence-corrected chi connectivity index (χ2v) is 5.64. The average Bonchev–Trinajstić information content (AvgIpc) is 3.08. The van der Waals surface area contributed by atoms with Gasteiger partial charge in [0.25, 0.3) is 11.9 Å². The van der Waals surface area contributed by atoms with E-state index in [0.29, 0.717) is 31.9 Å². The van der Waals surface area contributed by atoms with Crippen LogP contribution in [0.2, 0.25) is 0 Å². The van der Waals surface area contributed by atoms with Crippen molar-refractivity contribution in [1.82, 2.24) is 20.1 Å². The summed E-state index contributed by atoms with van der Waals surface area (Å²) < 4.78 is 20.6. The predicted molar refractivity (Wildman–Crippen MR) is 95.8 cm³/mol. The molecule has 9 nitrogen and oxygen atoms in total. The lowest BCUT2D eigenvalue weighted by atomic mass is 10.1. The van der Waals surface area contributed by atoms with Crippen LogP contribution < -0.4 is 15.8 Å². The lowest BCUT2D eigenvalue weighted by Crippen LogP contribution is -2.36. The number of rotatable bonds is 8. The Kier molecular flexibility index (Phi) is 9.45. The van der Waals surface area contributed by atoms with Gasteiger partial charge in [-0.2, -0.15) is 5.10 Å². The number of hydrogen-bond donors (Lipinski definition) is 3. The summed E-state index contributed by atoms with van der Waals surface area (Å²) in [6.07, 6.45) is 3.64. The normalized spacial score (nSPS) is 11.1. The quantitative estimate of drug-likeness (QED) is 0.582. The first-order valence-electron chi connectivity index (χ1n) is 8.28. The summed E-state index contributed by atoms with van der Waals surface area (Å²) >= 11 is 0. The number of amides is 1. The molecule has 1 amide bonds. The Morgan fingerprint density at radius 1 is 1.44 bits per heavy atom. The molecule has 1 aromatic carbocycles. The summed E-state index contributed by atoms with van der Waals surface area (Å²) in [6.45, 7) is 4.23. The van der Waals surface area contributed by atoms with Crippen molar-refractivity contribution < 1.29 is 23.8 Å². The van der Waals surface area contributed by atoms with E-state index >= 15 is 0 Å². The fourth-order valence-electron chi connectivity index (χ4n) is 2.03. The molecule has 0 spiro atoms. The number of nitrogens with zero attached hydrogens (tertiary/aromatic N) is 3. The van der Waals surface area contributed by atoms with Gasteiger partial charge < -0.3 is 20.9 Å². The van der Waals surface area contributed by atoms with Crippen LogP contribution >= 0.6 is 0 Å². The molecule has 4 N–H and O–H groups in total. The highest BCUT2D eigenvalue weighted by atomic mass is 19.1. The minimum atomic E-state index is -0.833. The summed E-state index contributed by atoms with van der Waals surface area (Å²) in [5.41, 5.74) is 5.57. The Balaban J connectivity index is 0.000000828. The molecule has 10 heteroatoms. The molecular weight excluding hydrogens is 357 g/mol. The summed E-state index contributed by atoms with van der Waals surface area (Å²) in [7, 11) is 0. The SMILES string of the molecule is CC(=O)O.CC(Cn1cncn1)NC(=O)c1cc(F)ccc1OCCCN. The topological polar surface area (TPSA) is 132 Å². The second-order valence-electron chi connectivity index (χ2n) is 5.64. The van der Waals surface area contributed by atoms with Gasteiger partial charge in [-0.05, 0) is 38.1 Å². The highest BCUT2D eigenvalue weighted by Crippen LogP contribution is 2.20. The largest absolute Gasteiger partial charge is 0.493 e. The van der Waals surface area contributed by atoms with Crippen LogP contribution in [-0.2, 0) is 11.3 Å². The molecule has 1 atom stereocenters. The van der Waals surface area contributed by atoms with E-state index in [4.69, 9.17) is 20.4 Å². The minimum absolute atomic E-state index is 0.160. The fraction of sp³-hybridized carbons (Fsp3) is 0.412. The molecule has 0 aliphatic heterocycles. The number of nitrogens with one attached hydrogen (secondary N) is 1. The van der Waals surface area contributed by atoms with Crippen LogP contribution in [0.5, 0.6) is 5.75 Å². The lowest BCUT2D eigenvalue weighted by molar-refractivity contribution is -0.134. The molecule has 1 heterocycles. The van der Waals surface area contributed by atoms with Gasteiger partial charge in [-0.3, -0.25) is 14.3 Å². The number of carboxylic acids is 1. The Morgan fingerprint density at radius 3 is 2.74 bits per heavy atom. The van der Waals surface area contributed by atoms with Crippen LogP contribution in [-0.4, -0.2) is 50.9 Å². The van der Waals surface area contributed by atoms with E-state index in [0.717, 1.165) is 13.0 Å². The number of nitrogens with two attached hydrogens (primary N) is 1. The van der Waals surface area contributed by atoms with Crippen LogP contribution in [0, 0.1) is 5.82 Å². The first-order valence-corrected chi connectivity index (χ1v) is 8.28. The summed E-state index contributed by atoms with van der Waals surface area (Å²) in [4.78, 5) is 25.2. The monoisotopic (exact) mass is 381 g/mol. The standard InChI is InChI=1S/C15H20FN5O2.C2H4O2/c1-11(8-21-10-18-9-19-21)20-15(22)13-7-12(16)3-4-14(13)23-6-2-5-17;1-2(3)4/h3-4,7,9-11H,2,5-6,8,17H2,1H3,(H,20,22);1H3,(H,3,4). The Labute approximate surface area is 156 Å². The van der Waals surface area contributed by atoms with Crippen LogP contribution in [0.4, 0.5) is 4.39 Å². The highest BCUT2D eigenvalue weighted by molar-refractivity contribution is 5.97. The van der Waals surface area contributed by atoms with E-state index in [1.165, 1.54) is 18.5 Å². The van der Waals surface area contributed by atoms with Crippen molar-refractivity contribution in [3.05, 3.63) is 42.2 Å². The lowest BCUT2D eigenvalue weighted by Gasteiger charge is -2.16. The first-order chi connectivity index (χ1) is 12.8. The number of halogens is 1. The van der Waals surface area contributed by atoms with Crippen molar-refractivity contribution in [3.63, 3.8) is 0 Å². The predicted octanol–water partition coefficient (Wildman–Crippen LogP) is 1.05. The molecule has 27 heavy (non-hydrogen) atoms. The third-order valence-electron chi connectivity index (χ3n) is 3.10. The van der Waals surface area contributed by atoms with Crippen LogP contribution in [0.3, 0.4) is 0 Å². The zero-order chi connectivity index (χ0) is 20.2. The maximum atomic E-state index is 13.5. The molecule has 0 saturated heterocycles. The first kappa shape index (κ1) is 22.0. The van der Waals surface area contributed by atoms with E-state index in [-0.39, 0.29) is 11.6 Å². The van der Waals surface area contributed by atoms with E-state index in [2.05, 4.69) is 15.4 Å². The van der Waals surface area contributed by atoms with Gasteiger partial charge in [-0.1, -0.05) is 0 Å². The van der Waals surface area contributed by atoms with Crippen LogP contribution in [0.25, 0.3) is 0 Å². The Morgan fingerprint density at radius 2 is 2.15 bits per heavy atom. The number of carboxylic acid groups (broad SMARTS) is 1. The molecule has 0 radical (unpaired) electrons. The molecule has 148 valence electrons.